The molecule has 0 bridgehead atoms. The molecule has 21 heavy (non-hydrogen) atoms. The van der Waals surface area contributed by atoms with Gasteiger partial charge in [-0.1, -0.05) is 33.1 Å². The number of nitrogens with one attached hydrogen (secondary N) is 1. The number of ether oxygens (including phenoxy) is 1. The Morgan fingerprint density at radius 2 is 2.05 bits per heavy atom. The van der Waals surface area contributed by atoms with E-state index in [4.69, 9.17) is 4.74 Å². The summed E-state index contributed by atoms with van der Waals surface area (Å²) < 4.78 is 5.39. The molecule has 1 amide bonds. The highest BCUT2D eigenvalue weighted by molar-refractivity contribution is 5.87. The van der Waals surface area contributed by atoms with E-state index in [1.54, 1.807) is 0 Å². The SMILES string of the molecule is CCCC[C@H](NC(=O)C1COCCN1CCCC)C(=O)O. The lowest BCUT2D eigenvalue weighted by Gasteiger charge is -2.35. The van der Waals surface area contributed by atoms with Crippen molar-refractivity contribution < 1.29 is 19.4 Å². The minimum atomic E-state index is -0.964. The third kappa shape index (κ3) is 6.01. The van der Waals surface area contributed by atoms with E-state index < -0.39 is 12.0 Å². The molecule has 0 aromatic carbocycles. The number of carbonyl (C=O) groups excluding carboxylic acids is 1. The molecule has 1 unspecified atom stereocenters. The third-order valence-corrected chi connectivity index (χ3v) is 3.80. The van der Waals surface area contributed by atoms with Gasteiger partial charge in [0, 0.05) is 6.54 Å². The van der Waals surface area contributed by atoms with Crippen LogP contribution in [0.4, 0.5) is 0 Å². The number of hydrogen-bond donors (Lipinski definition) is 2. The number of aliphatic carboxylic acids is 1. The zero-order valence-corrected chi connectivity index (χ0v) is 13.1. The fourth-order valence-electron chi connectivity index (χ4n) is 2.44. The Labute approximate surface area is 126 Å². The van der Waals surface area contributed by atoms with Crippen molar-refractivity contribution in [3.05, 3.63) is 0 Å². The van der Waals surface area contributed by atoms with Crippen molar-refractivity contribution in [1.29, 1.82) is 0 Å². The lowest BCUT2D eigenvalue weighted by Crippen LogP contribution is -2.56. The third-order valence-electron chi connectivity index (χ3n) is 3.80. The van der Waals surface area contributed by atoms with Crippen LogP contribution in [0.2, 0.25) is 0 Å². The van der Waals surface area contributed by atoms with Crippen LogP contribution in [0.15, 0.2) is 0 Å². The van der Waals surface area contributed by atoms with Gasteiger partial charge >= 0.3 is 5.97 Å². The molecule has 2 atom stereocenters. The Bertz CT molecular complexity index is 336. The average molecular weight is 300 g/mol. The summed E-state index contributed by atoms with van der Waals surface area (Å²) in [4.78, 5) is 25.7. The van der Waals surface area contributed by atoms with Crippen molar-refractivity contribution in [3.63, 3.8) is 0 Å². The van der Waals surface area contributed by atoms with Gasteiger partial charge in [0.2, 0.25) is 5.91 Å². The maximum atomic E-state index is 12.4. The molecule has 6 nitrogen and oxygen atoms in total. The standard InChI is InChI=1S/C15H28N2O4/c1-3-5-7-12(15(19)20)16-14(18)13-11-21-10-9-17(13)8-6-4-2/h12-13H,3-11H2,1-2H3,(H,16,18)(H,19,20)/t12-,13?/m0/s1. The molecule has 0 aromatic rings. The Hall–Kier alpha value is -1.14. The predicted molar refractivity (Wildman–Crippen MR) is 80.2 cm³/mol. The molecule has 122 valence electrons. The van der Waals surface area contributed by atoms with E-state index in [0.717, 1.165) is 38.8 Å². The van der Waals surface area contributed by atoms with Crippen molar-refractivity contribution in [1.82, 2.24) is 10.2 Å². The minimum absolute atomic E-state index is 0.227. The van der Waals surface area contributed by atoms with Gasteiger partial charge in [0.15, 0.2) is 0 Å². The van der Waals surface area contributed by atoms with Gasteiger partial charge in [-0.2, -0.15) is 0 Å². The van der Waals surface area contributed by atoms with Crippen LogP contribution in [0.5, 0.6) is 0 Å². The number of carboxylic acid groups (broad SMARTS) is 1. The van der Waals surface area contributed by atoms with Gasteiger partial charge < -0.3 is 15.2 Å². The summed E-state index contributed by atoms with van der Waals surface area (Å²) >= 11 is 0. The van der Waals surface area contributed by atoms with Crippen LogP contribution in [-0.4, -0.2) is 60.3 Å². The Morgan fingerprint density at radius 1 is 1.33 bits per heavy atom. The van der Waals surface area contributed by atoms with Crippen LogP contribution in [0, 0.1) is 0 Å². The normalized spacial score (nSPS) is 21.0. The van der Waals surface area contributed by atoms with Crippen LogP contribution in [-0.2, 0) is 14.3 Å². The van der Waals surface area contributed by atoms with Gasteiger partial charge in [-0.25, -0.2) is 4.79 Å². The Balaban J connectivity index is 2.58. The molecule has 1 fully saturated rings. The van der Waals surface area contributed by atoms with Crippen molar-refractivity contribution in [2.45, 2.75) is 58.0 Å². The Morgan fingerprint density at radius 3 is 2.67 bits per heavy atom. The molecule has 1 rings (SSSR count). The molecule has 0 saturated carbocycles. The van der Waals surface area contributed by atoms with Crippen molar-refractivity contribution in [3.8, 4) is 0 Å². The number of carboxylic acids is 1. The van der Waals surface area contributed by atoms with Gasteiger partial charge in [0.1, 0.15) is 12.1 Å². The molecule has 0 aliphatic carbocycles. The van der Waals surface area contributed by atoms with Crippen LogP contribution in [0.1, 0.15) is 46.0 Å². The highest BCUT2D eigenvalue weighted by Gasteiger charge is 2.31. The fraction of sp³-hybridized carbons (Fsp3) is 0.867. The van der Waals surface area contributed by atoms with Gasteiger partial charge in [-0.3, -0.25) is 9.69 Å². The summed E-state index contributed by atoms with van der Waals surface area (Å²) in [6, 6.07) is -1.17. The predicted octanol–water partition coefficient (Wildman–Crippen LogP) is 1.25. The van der Waals surface area contributed by atoms with E-state index in [9.17, 15) is 14.7 Å². The number of carbonyl (C=O) groups is 2. The second kappa shape index (κ2) is 9.73. The first-order chi connectivity index (χ1) is 10.1. The summed E-state index contributed by atoms with van der Waals surface area (Å²) in [5.74, 6) is -1.19. The summed E-state index contributed by atoms with van der Waals surface area (Å²) in [5, 5.41) is 11.9. The molecular weight excluding hydrogens is 272 g/mol. The first-order valence-electron chi connectivity index (χ1n) is 7.95. The number of hydrogen-bond acceptors (Lipinski definition) is 4. The van der Waals surface area contributed by atoms with E-state index in [1.165, 1.54) is 0 Å². The smallest absolute Gasteiger partial charge is 0.326 e. The zero-order chi connectivity index (χ0) is 15.7. The summed E-state index contributed by atoms with van der Waals surface area (Å²) in [6.07, 6.45) is 4.27. The second-order valence-electron chi connectivity index (χ2n) is 5.52. The largest absolute Gasteiger partial charge is 0.480 e. The first-order valence-corrected chi connectivity index (χ1v) is 7.95. The van der Waals surface area contributed by atoms with Crippen LogP contribution in [0.3, 0.4) is 0 Å². The highest BCUT2D eigenvalue weighted by atomic mass is 16.5. The summed E-state index contributed by atoms with van der Waals surface area (Å²) in [5.41, 5.74) is 0. The van der Waals surface area contributed by atoms with E-state index in [-0.39, 0.29) is 11.9 Å². The quantitative estimate of drug-likeness (QED) is 0.670. The number of unbranched alkanes of at least 4 members (excludes halogenated alkanes) is 2. The zero-order valence-electron chi connectivity index (χ0n) is 13.1. The van der Waals surface area contributed by atoms with Crippen LogP contribution in [0.25, 0.3) is 0 Å². The summed E-state index contributed by atoms with van der Waals surface area (Å²) in [6.45, 7) is 6.67. The molecule has 1 aliphatic rings. The molecule has 2 N–H and O–H groups in total. The fourth-order valence-corrected chi connectivity index (χ4v) is 2.44. The summed E-state index contributed by atoms with van der Waals surface area (Å²) in [7, 11) is 0. The second-order valence-corrected chi connectivity index (χ2v) is 5.52. The topological polar surface area (TPSA) is 78.9 Å². The molecule has 1 heterocycles. The van der Waals surface area contributed by atoms with Crippen molar-refractivity contribution in [2.24, 2.45) is 0 Å². The highest BCUT2D eigenvalue weighted by Crippen LogP contribution is 2.10. The monoisotopic (exact) mass is 300 g/mol. The molecule has 0 aromatic heterocycles. The van der Waals surface area contributed by atoms with E-state index in [0.29, 0.717) is 19.6 Å². The minimum Gasteiger partial charge on any atom is -0.480 e. The van der Waals surface area contributed by atoms with E-state index in [2.05, 4.69) is 17.1 Å². The molecular formula is C15H28N2O4. The van der Waals surface area contributed by atoms with Crippen LogP contribution >= 0.6 is 0 Å². The van der Waals surface area contributed by atoms with Gasteiger partial charge in [-0.05, 0) is 19.4 Å². The average Bonchev–Trinajstić information content (AvgIpc) is 2.49. The first kappa shape index (κ1) is 17.9. The number of nitrogens with zero attached hydrogens (tertiary/aromatic N) is 1. The lowest BCUT2D eigenvalue weighted by molar-refractivity contribution is -0.144. The molecule has 0 radical (unpaired) electrons. The molecule has 1 aliphatic heterocycles. The van der Waals surface area contributed by atoms with E-state index in [1.807, 2.05) is 6.92 Å². The maximum Gasteiger partial charge on any atom is 0.326 e. The van der Waals surface area contributed by atoms with E-state index >= 15 is 0 Å². The number of rotatable bonds is 9. The lowest BCUT2D eigenvalue weighted by atomic mass is 10.1. The molecule has 0 spiro atoms. The van der Waals surface area contributed by atoms with Gasteiger partial charge in [0.25, 0.3) is 0 Å². The van der Waals surface area contributed by atoms with Crippen molar-refractivity contribution in [2.75, 3.05) is 26.3 Å². The van der Waals surface area contributed by atoms with Gasteiger partial charge in [-0.15, -0.1) is 0 Å². The molecule has 1 saturated heterocycles. The number of morpholine rings is 1. The van der Waals surface area contributed by atoms with Crippen LogP contribution < -0.4 is 5.32 Å². The number of amides is 1. The van der Waals surface area contributed by atoms with Crippen molar-refractivity contribution >= 4 is 11.9 Å². The van der Waals surface area contributed by atoms with Gasteiger partial charge in [0.05, 0.1) is 13.2 Å². The Kier molecular flexibility index (Phi) is 8.30. The maximum absolute atomic E-state index is 12.4. The molecule has 6 heteroatoms.